The molecule has 152 valence electrons. The molecule has 0 atom stereocenters. The summed E-state index contributed by atoms with van der Waals surface area (Å²) in [5.74, 6) is 0.0404. The van der Waals surface area contributed by atoms with E-state index in [1.165, 1.54) is 11.8 Å². The summed E-state index contributed by atoms with van der Waals surface area (Å²) in [6, 6.07) is 14.6. The minimum absolute atomic E-state index is 0.101. The zero-order valence-electron chi connectivity index (χ0n) is 16.1. The van der Waals surface area contributed by atoms with E-state index in [4.69, 9.17) is 16.3 Å². The van der Waals surface area contributed by atoms with Crippen molar-refractivity contribution in [2.24, 2.45) is 0 Å². The number of nitrogens with one attached hydrogen (secondary N) is 1. The van der Waals surface area contributed by atoms with E-state index >= 15 is 0 Å². The molecule has 1 N–H and O–H groups in total. The molecular weight excluding hydrogens is 410 g/mol. The Kier molecular flexibility index (Phi) is 7.69. The maximum atomic E-state index is 12.9. The Labute approximate surface area is 178 Å². The predicted molar refractivity (Wildman–Crippen MR) is 117 cm³/mol. The van der Waals surface area contributed by atoms with Crippen LogP contribution in [0.4, 0.5) is 0 Å². The van der Waals surface area contributed by atoms with Gasteiger partial charge in [0.05, 0.1) is 16.7 Å². The lowest BCUT2D eigenvalue weighted by molar-refractivity contribution is -0.118. The SMILES string of the molecule is COCCCn1c(SCC(=O)NCc2ccc(Cl)cc2)nc2ccccc2c1=O. The third-order valence-electron chi connectivity index (χ3n) is 4.29. The molecular formula is C21H22ClN3O3S. The van der Waals surface area contributed by atoms with Crippen LogP contribution in [0.5, 0.6) is 0 Å². The second kappa shape index (κ2) is 10.4. The van der Waals surface area contributed by atoms with Crippen LogP contribution in [0.3, 0.4) is 0 Å². The lowest BCUT2D eigenvalue weighted by Gasteiger charge is -2.13. The normalized spacial score (nSPS) is 11.0. The lowest BCUT2D eigenvalue weighted by atomic mass is 10.2. The van der Waals surface area contributed by atoms with Gasteiger partial charge in [-0.25, -0.2) is 4.98 Å². The number of hydrogen-bond acceptors (Lipinski definition) is 5. The number of thioether (sulfide) groups is 1. The van der Waals surface area contributed by atoms with Gasteiger partial charge < -0.3 is 10.1 Å². The van der Waals surface area contributed by atoms with Gasteiger partial charge >= 0.3 is 0 Å². The first-order chi connectivity index (χ1) is 14.1. The average molecular weight is 432 g/mol. The van der Waals surface area contributed by atoms with E-state index in [9.17, 15) is 9.59 Å². The lowest BCUT2D eigenvalue weighted by Crippen LogP contribution is -2.27. The molecule has 0 aliphatic heterocycles. The van der Waals surface area contributed by atoms with E-state index in [0.717, 1.165) is 5.56 Å². The molecule has 0 saturated heterocycles. The van der Waals surface area contributed by atoms with Gasteiger partial charge in [0, 0.05) is 31.8 Å². The summed E-state index contributed by atoms with van der Waals surface area (Å²) >= 11 is 7.13. The number of rotatable bonds is 9. The monoisotopic (exact) mass is 431 g/mol. The molecule has 0 fully saturated rings. The van der Waals surface area contributed by atoms with E-state index in [1.807, 2.05) is 24.3 Å². The Bertz CT molecular complexity index is 1040. The average Bonchev–Trinajstić information content (AvgIpc) is 2.73. The van der Waals surface area contributed by atoms with Crippen LogP contribution in [-0.4, -0.2) is 34.9 Å². The van der Waals surface area contributed by atoms with Gasteiger partial charge in [-0.1, -0.05) is 47.6 Å². The van der Waals surface area contributed by atoms with Crippen molar-refractivity contribution in [3.8, 4) is 0 Å². The van der Waals surface area contributed by atoms with Crippen molar-refractivity contribution in [2.45, 2.75) is 24.7 Å². The maximum absolute atomic E-state index is 12.9. The van der Waals surface area contributed by atoms with Crippen molar-refractivity contribution < 1.29 is 9.53 Å². The Morgan fingerprint density at radius 3 is 2.72 bits per heavy atom. The summed E-state index contributed by atoms with van der Waals surface area (Å²) in [4.78, 5) is 29.8. The summed E-state index contributed by atoms with van der Waals surface area (Å²) in [5.41, 5.74) is 1.49. The zero-order chi connectivity index (χ0) is 20.6. The van der Waals surface area contributed by atoms with E-state index in [-0.39, 0.29) is 17.2 Å². The molecule has 0 bridgehead atoms. The Morgan fingerprint density at radius 1 is 1.21 bits per heavy atom. The van der Waals surface area contributed by atoms with Crippen LogP contribution in [0.2, 0.25) is 5.02 Å². The maximum Gasteiger partial charge on any atom is 0.262 e. The molecule has 3 rings (SSSR count). The number of ether oxygens (including phenoxy) is 1. The second-order valence-corrected chi connectivity index (χ2v) is 7.79. The smallest absolute Gasteiger partial charge is 0.262 e. The van der Waals surface area contributed by atoms with Gasteiger partial charge in [0.25, 0.3) is 5.56 Å². The van der Waals surface area contributed by atoms with Crippen LogP contribution in [0.15, 0.2) is 58.5 Å². The van der Waals surface area contributed by atoms with E-state index in [0.29, 0.717) is 47.2 Å². The molecule has 1 aromatic heterocycles. The standard InChI is InChI=1S/C21H22ClN3O3S/c1-28-12-4-11-25-20(27)17-5-2-3-6-18(17)24-21(25)29-14-19(26)23-13-15-7-9-16(22)10-8-15/h2-3,5-10H,4,11-14H2,1H3,(H,23,26). The number of carbonyl (C=O) groups excluding carboxylic acids is 1. The first-order valence-electron chi connectivity index (χ1n) is 9.21. The number of halogens is 1. The van der Waals surface area contributed by atoms with E-state index < -0.39 is 0 Å². The fourth-order valence-corrected chi connectivity index (χ4v) is 3.79. The summed E-state index contributed by atoms with van der Waals surface area (Å²) in [6.07, 6.45) is 0.687. The minimum Gasteiger partial charge on any atom is -0.385 e. The van der Waals surface area contributed by atoms with Crippen molar-refractivity contribution >= 4 is 40.2 Å². The highest BCUT2D eigenvalue weighted by Crippen LogP contribution is 2.18. The van der Waals surface area contributed by atoms with E-state index in [2.05, 4.69) is 10.3 Å². The first kappa shape index (κ1) is 21.4. The van der Waals surface area contributed by atoms with Crippen molar-refractivity contribution in [1.82, 2.24) is 14.9 Å². The molecule has 29 heavy (non-hydrogen) atoms. The third-order valence-corrected chi connectivity index (χ3v) is 5.52. The molecule has 3 aromatic rings. The van der Waals surface area contributed by atoms with Crippen LogP contribution in [-0.2, 0) is 22.6 Å². The zero-order valence-corrected chi connectivity index (χ0v) is 17.6. The quantitative estimate of drug-likeness (QED) is 0.319. The van der Waals surface area contributed by atoms with Gasteiger partial charge in [0.2, 0.25) is 5.91 Å². The molecule has 2 aromatic carbocycles. The Morgan fingerprint density at radius 2 is 1.97 bits per heavy atom. The minimum atomic E-state index is -0.129. The fraction of sp³-hybridized carbons (Fsp3) is 0.286. The van der Waals surface area contributed by atoms with Gasteiger partial charge in [0.1, 0.15) is 0 Å². The van der Waals surface area contributed by atoms with Crippen molar-refractivity contribution in [1.29, 1.82) is 0 Å². The number of para-hydroxylation sites is 1. The van der Waals surface area contributed by atoms with Crippen LogP contribution < -0.4 is 10.9 Å². The molecule has 0 spiro atoms. The number of methoxy groups -OCH3 is 1. The van der Waals surface area contributed by atoms with Crippen molar-refractivity contribution in [3.05, 3.63) is 69.5 Å². The number of amides is 1. The number of benzene rings is 2. The van der Waals surface area contributed by atoms with Crippen molar-refractivity contribution in [3.63, 3.8) is 0 Å². The number of aromatic nitrogens is 2. The van der Waals surface area contributed by atoms with Gasteiger partial charge in [-0.05, 0) is 36.2 Å². The highest BCUT2D eigenvalue weighted by molar-refractivity contribution is 7.99. The number of carbonyl (C=O) groups is 1. The Hall–Kier alpha value is -2.35. The summed E-state index contributed by atoms with van der Waals surface area (Å²) in [5, 5.41) is 4.64. The molecule has 1 amide bonds. The molecule has 0 aliphatic rings. The van der Waals surface area contributed by atoms with Gasteiger partial charge in [-0.15, -0.1) is 0 Å². The third kappa shape index (κ3) is 5.82. The molecule has 8 heteroatoms. The number of nitrogens with zero attached hydrogens (tertiary/aromatic N) is 2. The first-order valence-corrected chi connectivity index (χ1v) is 10.6. The Balaban J connectivity index is 1.70. The molecule has 6 nitrogen and oxygen atoms in total. The summed E-state index contributed by atoms with van der Waals surface area (Å²) < 4.78 is 6.72. The van der Waals surface area contributed by atoms with Gasteiger partial charge in [-0.2, -0.15) is 0 Å². The summed E-state index contributed by atoms with van der Waals surface area (Å²) in [7, 11) is 1.63. The summed E-state index contributed by atoms with van der Waals surface area (Å²) in [6.45, 7) is 1.45. The van der Waals surface area contributed by atoms with Gasteiger partial charge in [-0.3, -0.25) is 14.2 Å². The predicted octanol–water partition coefficient (Wildman–Crippen LogP) is 3.49. The van der Waals surface area contributed by atoms with Crippen molar-refractivity contribution in [2.75, 3.05) is 19.5 Å². The van der Waals surface area contributed by atoms with Crippen LogP contribution >= 0.6 is 23.4 Å². The number of hydrogen-bond donors (Lipinski definition) is 1. The van der Waals surface area contributed by atoms with Crippen LogP contribution in [0.25, 0.3) is 10.9 Å². The van der Waals surface area contributed by atoms with Crippen LogP contribution in [0, 0.1) is 0 Å². The number of fused-ring (bicyclic) bond motifs is 1. The topological polar surface area (TPSA) is 73.2 Å². The second-order valence-electron chi connectivity index (χ2n) is 6.41. The highest BCUT2D eigenvalue weighted by Gasteiger charge is 2.13. The largest absolute Gasteiger partial charge is 0.385 e. The van der Waals surface area contributed by atoms with Gasteiger partial charge in [0.15, 0.2) is 5.16 Å². The molecule has 0 saturated carbocycles. The van der Waals surface area contributed by atoms with Crippen LogP contribution in [0.1, 0.15) is 12.0 Å². The molecule has 0 aliphatic carbocycles. The van der Waals surface area contributed by atoms with E-state index in [1.54, 1.807) is 35.9 Å². The molecule has 0 unspecified atom stereocenters. The molecule has 1 heterocycles. The fourth-order valence-electron chi connectivity index (χ4n) is 2.81. The highest BCUT2D eigenvalue weighted by atomic mass is 35.5. The molecule has 0 radical (unpaired) electrons.